The molecule has 0 fully saturated rings. The van der Waals surface area contributed by atoms with Gasteiger partial charge in [-0.2, -0.15) is 0 Å². The summed E-state index contributed by atoms with van der Waals surface area (Å²) in [4.78, 5) is 17.6. The molecular formula is C19H33IN4O3. The second-order valence-electron chi connectivity index (χ2n) is 6.44. The first-order valence-electron chi connectivity index (χ1n) is 9.00. The first kappa shape index (κ1) is 25.4. The van der Waals surface area contributed by atoms with Crippen LogP contribution in [-0.4, -0.2) is 61.7 Å². The topological polar surface area (TPSA) is 86.2 Å². The van der Waals surface area contributed by atoms with Gasteiger partial charge in [-0.15, -0.1) is 24.0 Å². The molecule has 1 amide bonds. The maximum absolute atomic E-state index is 11.6. The number of hydrogen-bond donors (Lipinski definition) is 3. The molecule has 1 atom stereocenters. The molecule has 0 saturated carbocycles. The van der Waals surface area contributed by atoms with Crippen LogP contribution in [0.5, 0.6) is 5.75 Å². The average Bonchev–Trinajstić information content (AvgIpc) is 2.59. The van der Waals surface area contributed by atoms with E-state index >= 15 is 0 Å². The fourth-order valence-corrected chi connectivity index (χ4v) is 2.18. The number of benzene rings is 1. The molecule has 0 spiro atoms. The van der Waals surface area contributed by atoms with Gasteiger partial charge in [0, 0.05) is 33.6 Å². The predicted octanol–water partition coefficient (Wildman–Crippen LogP) is 2.16. The SMILES string of the molecule is CCNC(=NCC(O)c1ccc(OC(C)C)cc1)NCCC(=O)N(C)C.I. The number of ether oxygens (including phenoxy) is 1. The number of aliphatic hydroxyl groups excluding tert-OH is 1. The number of carbonyl (C=O) groups excluding carboxylic acids is 1. The van der Waals surface area contributed by atoms with Gasteiger partial charge in [0.25, 0.3) is 0 Å². The summed E-state index contributed by atoms with van der Waals surface area (Å²) >= 11 is 0. The minimum absolute atomic E-state index is 0. The number of carbonyl (C=O) groups is 1. The Kier molecular flexibility index (Phi) is 12.8. The number of guanidine groups is 1. The Morgan fingerprint density at radius 3 is 2.37 bits per heavy atom. The van der Waals surface area contributed by atoms with Crippen molar-refractivity contribution in [3.05, 3.63) is 29.8 Å². The molecule has 1 aromatic rings. The molecule has 8 heteroatoms. The van der Waals surface area contributed by atoms with E-state index in [0.29, 0.717) is 25.5 Å². The van der Waals surface area contributed by atoms with Gasteiger partial charge in [-0.25, -0.2) is 0 Å². The van der Waals surface area contributed by atoms with Crippen LogP contribution in [0.15, 0.2) is 29.3 Å². The van der Waals surface area contributed by atoms with Gasteiger partial charge in [-0.1, -0.05) is 12.1 Å². The largest absolute Gasteiger partial charge is 0.491 e. The van der Waals surface area contributed by atoms with Crippen molar-refractivity contribution in [1.82, 2.24) is 15.5 Å². The molecule has 27 heavy (non-hydrogen) atoms. The van der Waals surface area contributed by atoms with E-state index in [4.69, 9.17) is 4.74 Å². The van der Waals surface area contributed by atoms with Gasteiger partial charge < -0.3 is 25.4 Å². The van der Waals surface area contributed by atoms with Gasteiger partial charge in [0.2, 0.25) is 5.91 Å². The summed E-state index contributed by atoms with van der Waals surface area (Å²) in [5.41, 5.74) is 0.781. The number of amides is 1. The smallest absolute Gasteiger partial charge is 0.223 e. The van der Waals surface area contributed by atoms with Gasteiger partial charge in [-0.05, 0) is 38.5 Å². The second kappa shape index (κ2) is 13.6. The van der Waals surface area contributed by atoms with Crippen molar-refractivity contribution in [2.45, 2.75) is 39.4 Å². The fourth-order valence-electron chi connectivity index (χ4n) is 2.18. The van der Waals surface area contributed by atoms with Crippen LogP contribution in [0.4, 0.5) is 0 Å². The normalized spacial score (nSPS) is 12.2. The quantitative estimate of drug-likeness (QED) is 0.280. The van der Waals surface area contributed by atoms with E-state index in [9.17, 15) is 9.90 Å². The minimum Gasteiger partial charge on any atom is -0.491 e. The molecule has 1 rings (SSSR count). The molecule has 3 N–H and O–H groups in total. The lowest BCUT2D eigenvalue weighted by Crippen LogP contribution is -2.39. The third-order valence-corrected chi connectivity index (χ3v) is 3.53. The standard InChI is InChI=1S/C19H32N4O3.HI/c1-6-20-19(21-12-11-18(25)23(4)5)22-13-17(24)15-7-9-16(10-8-15)26-14(2)3;/h7-10,14,17,24H,6,11-13H2,1-5H3,(H2,20,21,22);1H. The van der Waals surface area contributed by atoms with Gasteiger partial charge in [0.15, 0.2) is 5.96 Å². The predicted molar refractivity (Wildman–Crippen MR) is 120 cm³/mol. The Bertz CT molecular complexity index is 577. The Morgan fingerprint density at radius 2 is 1.85 bits per heavy atom. The summed E-state index contributed by atoms with van der Waals surface area (Å²) in [5.74, 6) is 1.41. The van der Waals surface area contributed by atoms with E-state index in [0.717, 1.165) is 11.3 Å². The third kappa shape index (κ3) is 10.4. The van der Waals surface area contributed by atoms with Crippen LogP contribution in [0, 0.1) is 0 Å². The summed E-state index contributed by atoms with van der Waals surface area (Å²) in [7, 11) is 3.46. The first-order chi connectivity index (χ1) is 12.3. The second-order valence-corrected chi connectivity index (χ2v) is 6.44. The van der Waals surface area contributed by atoms with Crippen LogP contribution in [0.25, 0.3) is 0 Å². The summed E-state index contributed by atoms with van der Waals surface area (Å²) in [5, 5.41) is 16.5. The molecule has 0 aliphatic carbocycles. The van der Waals surface area contributed by atoms with Crippen LogP contribution in [-0.2, 0) is 4.79 Å². The molecule has 154 valence electrons. The Hall–Kier alpha value is -1.55. The van der Waals surface area contributed by atoms with Gasteiger partial charge in [0.1, 0.15) is 5.75 Å². The summed E-state index contributed by atoms with van der Waals surface area (Å²) < 4.78 is 5.60. The number of nitrogens with one attached hydrogen (secondary N) is 2. The Balaban J connectivity index is 0.00000676. The zero-order valence-corrected chi connectivity index (χ0v) is 19.2. The highest BCUT2D eigenvalue weighted by atomic mass is 127. The fraction of sp³-hybridized carbons (Fsp3) is 0.579. The lowest BCUT2D eigenvalue weighted by Gasteiger charge is -2.15. The van der Waals surface area contributed by atoms with Crippen LogP contribution in [0.1, 0.15) is 38.9 Å². The Morgan fingerprint density at radius 1 is 1.22 bits per heavy atom. The summed E-state index contributed by atoms with van der Waals surface area (Å²) in [6.45, 7) is 7.32. The van der Waals surface area contributed by atoms with Crippen molar-refractivity contribution in [2.75, 3.05) is 33.7 Å². The number of rotatable bonds is 9. The highest BCUT2D eigenvalue weighted by Crippen LogP contribution is 2.19. The minimum atomic E-state index is -0.707. The number of hydrogen-bond acceptors (Lipinski definition) is 4. The lowest BCUT2D eigenvalue weighted by molar-refractivity contribution is -0.128. The van der Waals surface area contributed by atoms with Crippen molar-refractivity contribution in [1.29, 1.82) is 0 Å². The van der Waals surface area contributed by atoms with Crippen LogP contribution >= 0.6 is 24.0 Å². The average molecular weight is 492 g/mol. The molecule has 0 radical (unpaired) electrons. The first-order valence-corrected chi connectivity index (χ1v) is 9.00. The number of nitrogens with zero attached hydrogens (tertiary/aromatic N) is 2. The van der Waals surface area contributed by atoms with Gasteiger partial charge in [0.05, 0.1) is 18.8 Å². The van der Waals surface area contributed by atoms with Gasteiger partial charge >= 0.3 is 0 Å². The molecule has 1 unspecified atom stereocenters. The van der Waals surface area contributed by atoms with Crippen molar-refractivity contribution >= 4 is 35.8 Å². The number of aliphatic imine (C=N–C) groups is 1. The molecular weight excluding hydrogens is 459 g/mol. The van der Waals surface area contributed by atoms with E-state index in [1.165, 1.54) is 0 Å². The van der Waals surface area contributed by atoms with Crippen molar-refractivity contribution < 1.29 is 14.6 Å². The van der Waals surface area contributed by atoms with E-state index in [2.05, 4.69) is 15.6 Å². The van der Waals surface area contributed by atoms with Crippen molar-refractivity contribution in [3.63, 3.8) is 0 Å². The molecule has 0 heterocycles. The monoisotopic (exact) mass is 492 g/mol. The van der Waals surface area contributed by atoms with Crippen LogP contribution < -0.4 is 15.4 Å². The molecule has 0 saturated heterocycles. The van der Waals surface area contributed by atoms with Crippen LogP contribution in [0.2, 0.25) is 0 Å². The van der Waals surface area contributed by atoms with Crippen molar-refractivity contribution in [3.8, 4) is 5.75 Å². The summed E-state index contributed by atoms with van der Waals surface area (Å²) in [6.07, 6.45) is -0.206. The zero-order valence-electron chi connectivity index (χ0n) is 16.9. The molecule has 0 aliphatic rings. The van der Waals surface area contributed by atoms with Gasteiger partial charge in [-0.3, -0.25) is 9.79 Å². The van der Waals surface area contributed by atoms with Crippen LogP contribution in [0.3, 0.4) is 0 Å². The molecule has 7 nitrogen and oxygen atoms in total. The van der Waals surface area contributed by atoms with Crippen molar-refractivity contribution in [2.24, 2.45) is 4.99 Å². The van der Waals surface area contributed by atoms with E-state index in [-0.39, 0.29) is 42.5 Å². The number of halogens is 1. The highest BCUT2D eigenvalue weighted by molar-refractivity contribution is 14.0. The zero-order chi connectivity index (χ0) is 19.5. The maximum atomic E-state index is 11.6. The van der Waals surface area contributed by atoms with E-state index in [1.54, 1.807) is 19.0 Å². The molecule has 0 bridgehead atoms. The molecule has 1 aromatic carbocycles. The number of aliphatic hydroxyl groups is 1. The Labute approximate surface area is 179 Å². The van der Waals surface area contributed by atoms with E-state index in [1.807, 2.05) is 45.0 Å². The third-order valence-electron chi connectivity index (χ3n) is 3.53. The highest BCUT2D eigenvalue weighted by Gasteiger charge is 2.09. The molecule has 0 aromatic heterocycles. The molecule has 0 aliphatic heterocycles. The van der Waals surface area contributed by atoms with E-state index < -0.39 is 6.10 Å². The summed E-state index contributed by atoms with van der Waals surface area (Å²) in [6, 6.07) is 7.37. The lowest BCUT2D eigenvalue weighted by atomic mass is 10.1. The maximum Gasteiger partial charge on any atom is 0.223 e.